The van der Waals surface area contributed by atoms with Crippen molar-refractivity contribution in [3.63, 3.8) is 0 Å². The van der Waals surface area contributed by atoms with Gasteiger partial charge in [0.25, 0.3) is 0 Å². The molecule has 0 bridgehead atoms. The first kappa shape index (κ1) is 18.5. The van der Waals surface area contributed by atoms with E-state index < -0.39 is 12.2 Å². The van der Waals surface area contributed by atoms with Gasteiger partial charge >= 0.3 is 0 Å². The van der Waals surface area contributed by atoms with Gasteiger partial charge in [0.1, 0.15) is 11.8 Å². The van der Waals surface area contributed by atoms with Crippen LogP contribution < -0.4 is 5.73 Å². The maximum atomic E-state index is 10.9. The van der Waals surface area contributed by atoms with E-state index in [-0.39, 0.29) is 12.0 Å². The molecule has 0 radical (unpaired) electrons. The van der Waals surface area contributed by atoms with Crippen LogP contribution in [0.3, 0.4) is 0 Å². The molecule has 2 aliphatic rings. The summed E-state index contributed by atoms with van der Waals surface area (Å²) in [4.78, 5) is 18.8. The zero-order valence-electron chi connectivity index (χ0n) is 17.5. The van der Waals surface area contributed by atoms with E-state index in [0.717, 1.165) is 32.8 Å². The molecule has 0 unspecified atom stereocenters. The maximum absolute atomic E-state index is 10.9. The van der Waals surface area contributed by atoms with Crippen LogP contribution in [-0.2, 0) is 4.84 Å². The molecule has 0 saturated heterocycles. The minimum absolute atomic E-state index is 0.136. The van der Waals surface area contributed by atoms with Gasteiger partial charge in [-0.3, -0.25) is 0 Å². The SMILES string of the molecule is Nc1ncnc2c1ncn2[C@@H]1C[C@H](O)[C@H]2ON=C(c3c4ccccc4cc4ccccc34)[C@H]21. The first-order chi connectivity index (χ1) is 16.2. The Hall–Kier alpha value is -4.04. The van der Waals surface area contributed by atoms with E-state index in [0.29, 0.717) is 23.4 Å². The van der Waals surface area contributed by atoms with Crippen molar-refractivity contribution in [2.45, 2.75) is 24.7 Å². The molecule has 0 spiro atoms. The van der Waals surface area contributed by atoms with E-state index in [1.54, 1.807) is 6.33 Å². The normalized spacial score (nSPS) is 24.3. The van der Waals surface area contributed by atoms with E-state index in [2.05, 4.69) is 50.4 Å². The average Bonchev–Trinajstić information content (AvgIpc) is 3.54. The molecule has 8 heteroatoms. The zero-order valence-corrected chi connectivity index (χ0v) is 17.5. The standard InChI is InChI=1S/C25H20N6O2/c26-24-22-25(28-11-27-24)31(12-29-22)17-10-18(32)23-20(17)21(30-33-23)19-15-7-3-1-5-13(15)9-14-6-2-4-8-16(14)19/h1-9,11-12,17-18,20,23,32H,10H2,(H2,26,27,28)/t17-,18+,20-,23-/m1/s1. The molecular formula is C25H20N6O2. The number of aromatic nitrogens is 4. The molecule has 3 N–H and O–H groups in total. The lowest BCUT2D eigenvalue weighted by Gasteiger charge is -2.22. The van der Waals surface area contributed by atoms with Gasteiger partial charge in [0.05, 0.1) is 30.1 Å². The Balaban J connectivity index is 1.46. The fourth-order valence-corrected chi connectivity index (χ4v) is 5.54. The van der Waals surface area contributed by atoms with Gasteiger partial charge in [-0.1, -0.05) is 53.7 Å². The highest BCUT2D eigenvalue weighted by molar-refractivity contribution is 6.22. The Morgan fingerprint density at radius 2 is 1.70 bits per heavy atom. The van der Waals surface area contributed by atoms with Gasteiger partial charge in [0.15, 0.2) is 17.6 Å². The minimum atomic E-state index is -0.654. The summed E-state index contributed by atoms with van der Waals surface area (Å²) < 4.78 is 1.98. The number of nitrogen functional groups attached to an aromatic ring is 1. The molecule has 3 aromatic carbocycles. The fourth-order valence-electron chi connectivity index (χ4n) is 5.54. The van der Waals surface area contributed by atoms with Gasteiger partial charge in [-0.25, -0.2) is 15.0 Å². The molecule has 3 heterocycles. The maximum Gasteiger partial charge on any atom is 0.165 e. The average molecular weight is 436 g/mol. The Bertz CT molecular complexity index is 1540. The number of oxime groups is 1. The van der Waals surface area contributed by atoms with Gasteiger partial charge in [-0.2, -0.15) is 0 Å². The van der Waals surface area contributed by atoms with Crippen LogP contribution in [0.5, 0.6) is 0 Å². The second kappa shape index (κ2) is 6.73. The summed E-state index contributed by atoms with van der Waals surface area (Å²) in [6, 6.07) is 18.7. The van der Waals surface area contributed by atoms with Crippen molar-refractivity contribution in [2.24, 2.45) is 11.1 Å². The second-order valence-electron chi connectivity index (χ2n) is 8.72. The van der Waals surface area contributed by atoms with Crippen molar-refractivity contribution >= 4 is 44.2 Å². The number of rotatable bonds is 2. The van der Waals surface area contributed by atoms with Crippen molar-refractivity contribution in [1.29, 1.82) is 0 Å². The third-order valence-corrected chi connectivity index (χ3v) is 6.99. The van der Waals surface area contributed by atoms with Crippen LogP contribution in [0.25, 0.3) is 32.7 Å². The quantitative estimate of drug-likeness (QED) is 0.410. The van der Waals surface area contributed by atoms with Crippen molar-refractivity contribution < 1.29 is 9.94 Å². The lowest BCUT2D eigenvalue weighted by atomic mass is 9.85. The van der Waals surface area contributed by atoms with Gasteiger partial charge in [-0.15, -0.1) is 0 Å². The Kier molecular flexibility index (Phi) is 3.78. The summed E-state index contributed by atoms with van der Waals surface area (Å²) in [7, 11) is 0. The van der Waals surface area contributed by atoms with Gasteiger partial charge in [-0.05, 0) is 34.0 Å². The summed E-state index contributed by atoms with van der Waals surface area (Å²) in [5.41, 5.74) is 9.12. The summed E-state index contributed by atoms with van der Waals surface area (Å²) >= 11 is 0. The van der Waals surface area contributed by atoms with Crippen LogP contribution in [0.2, 0.25) is 0 Å². The topological polar surface area (TPSA) is 111 Å². The van der Waals surface area contributed by atoms with Crippen molar-refractivity contribution in [3.8, 4) is 0 Å². The van der Waals surface area contributed by atoms with Crippen LogP contribution in [-0.4, -0.2) is 42.5 Å². The minimum Gasteiger partial charge on any atom is -0.389 e. The Labute approximate surface area is 188 Å². The first-order valence-electron chi connectivity index (χ1n) is 11.0. The molecule has 0 amide bonds. The number of anilines is 1. The van der Waals surface area contributed by atoms with Crippen molar-refractivity contribution in [1.82, 2.24) is 19.5 Å². The smallest absolute Gasteiger partial charge is 0.165 e. The van der Waals surface area contributed by atoms with Crippen LogP contribution in [0.1, 0.15) is 18.0 Å². The molecule has 33 heavy (non-hydrogen) atoms. The molecule has 4 atom stereocenters. The highest BCUT2D eigenvalue weighted by Gasteiger charge is 2.52. The largest absolute Gasteiger partial charge is 0.389 e. The Morgan fingerprint density at radius 1 is 0.970 bits per heavy atom. The number of hydrogen-bond acceptors (Lipinski definition) is 7. The van der Waals surface area contributed by atoms with E-state index in [4.69, 9.17) is 10.6 Å². The summed E-state index contributed by atoms with van der Waals surface area (Å²) in [5, 5.41) is 20.0. The van der Waals surface area contributed by atoms with Crippen LogP contribution in [0.15, 0.2) is 72.4 Å². The number of nitrogens with zero attached hydrogens (tertiary/aromatic N) is 5. The van der Waals surface area contributed by atoms with Crippen LogP contribution in [0.4, 0.5) is 5.82 Å². The van der Waals surface area contributed by atoms with E-state index in [1.807, 2.05) is 28.8 Å². The third-order valence-electron chi connectivity index (χ3n) is 6.99. The number of fused-ring (bicyclic) bond motifs is 4. The first-order valence-corrected chi connectivity index (χ1v) is 11.0. The number of nitrogens with two attached hydrogens (primary N) is 1. The summed E-state index contributed by atoms with van der Waals surface area (Å²) in [5.74, 6) is 0.174. The highest BCUT2D eigenvalue weighted by Crippen LogP contribution is 2.46. The summed E-state index contributed by atoms with van der Waals surface area (Å²) in [6.45, 7) is 0. The van der Waals surface area contributed by atoms with Gasteiger partial charge < -0.3 is 20.2 Å². The lowest BCUT2D eigenvalue weighted by Crippen LogP contribution is -2.29. The van der Waals surface area contributed by atoms with Crippen molar-refractivity contribution in [2.75, 3.05) is 5.73 Å². The molecule has 1 aliphatic carbocycles. The molecule has 8 nitrogen and oxygen atoms in total. The second-order valence-corrected chi connectivity index (χ2v) is 8.72. The molecule has 1 aliphatic heterocycles. The molecule has 7 rings (SSSR count). The van der Waals surface area contributed by atoms with Crippen molar-refractivity contribution in [3.05, 3.63) is 72.8 Å². The number of hydrogen-bond donors (Lipinski definition) is 2. The third kappa shape index (κ3) is 2.55. The van der Waals surface area contributed by atoms with E-state index in [9.17, 15) is 5.11 Å². The van der Waals surface area contributed by atoms with E-state index >= 15 is 0 Å². The molecule has 162 valence electrons. The fraction of sp³-hybridized carbons (Fsp3) is 0.200. The van der Waals surface area contributed by atoms with Crippen LogP contribution >= 0.6 is 0 Å². The molecule has 5 aromatic rings. The lowest BCUT2D eigenvalue weighted by molar-refractivity contribution is -0.0104. The van der Waals surface area contributed by atoms with Crippen LogP contribution in [0, 0.1) is 5.92 Å². The predicted molar refractivity (Wildman–Crippen MR) is 126 cm³/mol. The van der Waals surface area contributed by atoms with Gasteiger partial charge in [0, 0.05) is 5.56 Å². The number of benzene rings is 3. The highest BCUT2D eigenvalue weighted by atomic mass is 16.7. The molecular weight excluding hydrogens is 416 g/mol. The Morgan fingerprint density at radius 3 is 2.45 bits per heavy atom. The molecule has 1 saturated carbocycles. The van der Waals surface area contributed by atoms with E-state index in [1.165, 1.54) is 6.33 Å². The number of aliphatic hydroxyl groups excluding tert-OH is 1. The molecule has 1 fully saturated rings. The monoisotopic (exact) mass is 436 g/mol. The van der Waals surface area contributed by atoms with Gasteiger partial charge in [0.2, 0.25) is 0 Å². The number of imidazole rings is 1. The molecule has 2 aromatic heterocycles. The predicted octanol–water partition coefficient (Wildman–Crippen LogP) is 3.44. The summed E-state index contributed by atoms with van der Waals surface area (Å²) in [6.07, 6.45) is 2.59. The zero-order chi connectivity index (χ0) is 22.1. The number of aliphatic hydroxyl groups is 1.